The quantitative estimate of drug-likeness (QED) is 0.307. The van der Waals surface area contributed by atoms with Crippen LogP contribution in [0.25, 0.3) is 0 Å². The van der Waals surface area contributed by atoms with Crippen LogP contribution in [0, 0.1) is 0 Å². The standard InChI is InChI=1S/C12H26S.HI/c1-2-3-4-5-6-7-8-9-10-11-12-13;/h13H,2-12H2,1H3;1H. The molecule has 0 nitrogen and oxygen atoms in total. The largest absolute Gasteiger partial charge is 0.179 e. The van der Waals surface area contributed by atoms with Gasteiger partial charge in [-0.15, -0.1) is 24.0 Å². The van der Waals surface area contributed by atoms with Gasteiger partial charge in [-0.25, -0.2) is 0 Å². The molecule has 0 aliphatic heterocycles. The summed E-state index contributed by atoms with van der Waals surface area (Å²) >= 11 is 4.20. The molecule has 0 rings (SSSR count). The first-order valence-electron chi connectivity index (χ1n) is 6.02. The number of rotatable bonds is 10. The maximum absolute atomic E-state index is 4.20. The molecular weight excluding hydrogens is 303 g/mol. The molecule has 0 amide bonds. The smallest absolute Gasteiger partial charge is 0.00979 e. The minimum absolute atomic E-state index is 0. The van der Waals surface area contributed by atoms with Gasteiger partial charge in [0.05, 0.1) is 0 Å². The van der Waals surface area contributed by atoms with Crippen LogP contribution in [0.3, 0.4) is 0 Å². The minimum Gasteiger partial charge on any atom is -0.179 e. The Hall–Kier alpha value is 1.08. The Labute approximate surface area is 113 Å². The van der Waals surface area contributed by atoms with Crippen molar-refractivity contribution in [3.8, 4) is 0 Å². The Kier molecular flexibility index (Phi) is 20.6. The second-order valence-electron chi connectivity index (χ2n) is 3.91. The van der Waals surface area contributed by atoms with E-state index < -0.39 is 0 Å². The van der Waals surface area contributed by atoms with Gasteiger partial charge in [-0.3, -0.25) is 0 Å². The molecule has 2 heteroatoms. The predicted molar refractivity (Wildman–Crippen MR) is 81.1 cm³/mol. The highest BCUT2D eigenvalue weighted by molar-refractivity contribution is 14.0. The first-order chi connectivity index (χ1) is 6.41. The van der Waals surface area contributed by atoms with Crippen LogP contribution < -0.4 is 0 Å². The Morgan fingerprint density at radius 3 is 1.36 bits per heavy atom. The van der Waals surface area contributed by atoms with Crippen molar-refractivity contribution in [1.29, 1.82) is 0 Å². The highest BCUT2D eigenvalue weighted by Crippen LogP contribution is 2.10. The van der Waals surface area contributed by atoms with E-state index in [1.165, 1.54) is 64.2 Å². The van der Waals surface area contributed by atoms with Crippen LogP contribution >= 0.6 is 36.6 Å². The lowest BCUT2D eigenvalue weighted by atomic mass is 10.1. The lowest BCUT2D eigenvalue weighted by Crippen LogP contribution is -1.81. The molecule has 0 fully saturated rings. The van der Waals surface area contributed by atoms with Gasteiger partial charge in [-0.05, 0) is 12.2 Å². The van der Waals surface area contributed by atoms with Gasteiger partial charge >= 0.3 is 0 Å². The van der Waals surface area contributed by atoms with Crippen LogP contribution in [-0.4, -0.2) is 5.75 Å². The normalized spacial score (nSPS) is 9.86. The van der Waals surface area contributed by atoms with Crippen molar-refractivity contribution in [2.75, 3.05) is 5.75 Å². The maximum Gasteiger partial charge on any atom is -0.00979 e. The summed E-state index contributed by atoms with van der Waals surface area (Å²) in [7, 11) is 0. The highest BCUT2D eigenvalue weighted by Gasteiger charge is 1.91. The summed E-state index contributed by atoms with van der Waals surface area (Å²) in [6.45, 7) is 2.28. The van der Waals surface area contributed by atoms with Crippen LogP contribution in [0.1, 0.15) is 71.1 Å². The molecule has 0 heterocycles. The molecule has 0 N–H and O–H groups in total. The van der Waals surface area contributed by atoms with Crippen LogP contribution in [0.4, 0.5) is 0 Å². The SMILES string of the molecule is CCCCCCCCCCCCS.I. The average Bonchev–Trinajstić information content (AvgIpc) is 2.16. The second kappa shape index (κ2) is 16.5. The van der Waals surface area contributed by atoms with Gasteiger partial charge < -0.3 is 0 Å². The van der Waals surface area contributed by atoms with Gasteiger partial charge in [0.2, 0.25) is 0 Å². The lowest BCUT2D eigenvalue weighted by molar-refractivity contribution is 0.563. The van der Waals surface area contributed by atoms with E-state index in [1.54, 1.807) is 0 Å². The third-order valence-electron chi connectivity index (χ3n) is 2.51. The number of halogens is 1. The Bertz CT molecular complexity index is 76.4. The number of thiol groups is 1. The monoisotopic (exact) mass is 330 g/mol. The molecule has 0 spiro atoms. The van der Waals surface area contributed by atoms with E-state index >= 15 is 0 Å². The van der Waals surface area contributed by atoms with Crippen LogP contribution in [0.15, 0.2) is 0 Å². The molecular formula is C12H27IS. The van der Waals surface area contributed by atoms with E-state index in [4.69, 9.17) is 0 Å². The molecule has 0 unspecified atom stereocenters. The van der Waals surface area contributed by atoms with Gasteiger partial charge in [-0.2, -0.15) is 12.6 Å². The van der Waals surface area contributed by atoms with E-state index in [2.05, 4.69) is 19.6 Å². The van der Waals surface area contributed by atoms with E-state index in [0.29, 0.717) is 0 Å². The average molecular weight is 330 g/mol. The molecule has 0 aromatic carbocycles. The molecule has 0 saturated carbocycles. The summed E-state index contributed by atoms with van der Waals surface area (Å²) in [6.07, 6.45) is 14.2. The number of hydrogen-bond donors (Lipinski definition) is 1. The van der Waals surface area contributed by atoms with Crippen LogP contribution in [0.5, 0.6) is 0 Å². The molecule has 0 bridgehead atoms. The molecule has 0 aromatic heterocycles. The summed E-state index contributed by atoms with van der Waals surface area (Å²) in [5.41, 5.74) is 0. The van der Waals surface area contributed by atoms with Crippen LogP contribution in [0.2, 0.25) is 0 Å². The first kappa shape index (κ1) is 17.5. The number of unbranched alkanes of at least 4 members (excludes halogenated alkanes) is 9. The van der Waals surface area contributed by atoms with Crippen molar-refractivity contribution in [1.82, 2.24) is 0 Å². The Morgan fingerprint density at radius 1 is 0.643 bits per heavy atom. The fourth-order valence-electron chi connectivity index (χ4n) is 1.60. The zero-order valence-electron chi connectivity index (χ0n) is 9.63. The molecule has 88 valence electrons. The molecule has 0 aliphatic rings. The zero-order valence-corrected chi connectivity index (χ0v) is 12.9. The summed E-state index contributed by atoms with van der Waals surface area (Å²) in [5, 5.41) is 0. The first-order valence-corrected chi connectivity index (χ1v) is 6.66. The minimum atomic E-state index is 0. The zero-order chi connectivity index (χ0) is 9.78. The van der Waals surface area contributed by atoms with Gasteiger partial charge in [0.25, 0.3) is 0 Å². The second-order valence-corrected chi connectivity index (χ2v) is 4.35. The van der Waals surface area contributed by atoms with Crippen molar-refractivity contribution in [3.63, 3.8) is 0 Å². The summed E-state index contributed by atoms with van der Waals surface area (Å²) in [6, 6.07) is 0. The van der Waals surface area contributed by atoms with Gasteiger partial charge in [0.1, 0.15) is 0 Å². The Morgan fingerprint density at radius 2 is 1.00 bits per heavy atom. The van der Waals surface area contributed by atoms with E-state index in [1.807, 2.05) is 0 Å². The molecule has 0 radical (unpaired) electrons. The van der Waals surface area contributed by atoms with Crippen molar-refractivity contribution in [2.24, 2.45) is 0 Å². The molecule has 0 aliphatic carbocycles. The molecule has 0 aromatic rings. The fourth-order valence-corrected chi connectivity index (χ4v) is 1.82. The third-order valence-corrected chi connectivity index (χ3v) is 2.83. The van der Waals surface area contributed by atoms with E-state index in [0.717, 1.165) is 5.75 Å². The summed E-state index contributed by atoms with van der Waals surface area (Å²) < 4.78 is 0. The van der Waals surface area contributed by atoms with E-state index in [-0.39, 0.29) is 24.0 Å². The topological polar surface area (TPSA) is 0 Å². The summed E-state index contributed by atoms with van der Waals surface area (Å²) in [4.78, 5) is 0. The van der Waals surface area contributed by atoms with Gasteiger partial charge in [0, 0.05) is 0 Å². The number of hydrogen-bond acceptors (Lipinski definition) is 1. The molecule has 14 heavy (non-hydrogen) atoms. The van der Waals surface area contributed by atoms with Crippen molar-refractivity contribution in [2.45, 2.75) is 71.1 Å². The molecule has 0 saturated heterocycles. The van der Waals surface area contributed by atoms with Crippen molar-refractivity contribution >= 4 is 36.6 Å². The fraction of sp³-hybridized carbons (Fsp3) is 1.00. The van der Waals surface area contributed by atoms with Gasteiger partial charge in [-0.1, -0.05) is 64.7 Å². The predicted octanol–water partition coefficient (Wildman–Crippen LogP) is 5.46. The van der Waals surface area contributed by atoms with Crippen molar-refractivity contribution < 1.29 is 0 Å². The highest BCUT2D eigenvalue weighted by atomic mass is 127. The molecule has 0 atom stereocenters. The van der Waals surface area contributed by atoms with E-state index in [9.17, 15) is 0 Å². The lowest BCUT2D eigenvalue weighted by Gasteiger charge is -2.00. The third kappa shape index (κ3) is 15.5. The summed E-state index contributed by atoms with van der Waals surface area (Å²) in [5.74, 6) is 1.07. The Balaban J connectivity index is 0. The van der Waals surface area contributed by atoms with Crippen LogP contribution in [-0.2, 0) is 0 Å². The van der Waals surface area contributed by atoms with Gasteiger partial charge in [0.15, 0.2) is 0 Å². The van der Waals surface area contributed by atoms with Crippen molar-refractivity contribution in [3.05, 3.63) is 0 Å². The maximum atomic E-state index is 4.20.